The van der Waals surface area contributed by atoms with Gasteiger partial charge in [0.2, 0.25) is 0 Å². The Bertz CT molecular complexity index is 850. The summed E-state index contributed by atoms with van der Waals surface area (Å²) in [7, 11) is 0. The van der Waals surface area contributed by atoms with Crippen molar-refractivity contribution in [1.82, 2.24) is 24.7 Å². The maximum absolute atomic E-state index is 12.8. The topological polar surface area (TPSA) is 84.5 Å². The Balaban J connectivity index is 1.21. The van der Waals surface area contributed by atoms with Crippen LogP contribution in [0.3, 0.4) is 0 Å². The van der Waals surface area contributed by atoms with E-state index in [1.807, 2.05) is 10.7 Å². The highest BCUT2D eigenvalue weighted by atomic mass is 16.5. The van der Waals surface area contributed by atoms with Gasteiger partial charge in [-0.25, -0.2) is 0 Å². The minimum atomic E-state index is -0.116. The van der Waals surface area contributed by atoms with Crippen molar-refractivity contribution in [3.05, 3.63) is 35.0 Å². The van der Waals surface area contributed by atoms with Gasteiger partial charge in [0.15, 0.2) is 11.4 Å². The fourth-order valence-electron chi connectivity index (χ4n) is 3.91. The molecule has 1 saturated carbocycles. The number of nitrogens with zero attached hydrogens (tertiary/aromatic N) is 5. The molecule has 0 spiro atoms. The molecule has 0 bridgehead atoms. The third kappa shape index (κ3) is 3.13. The number of hydrogen-bond donors (Lipinski definition) is 0. The second-order valence-electron chi connectivity index (χ2n) is 7.67. The van der Waals surface area contributed by atoms with Crippen LogP contribution in [0.25, 0.3) is 0 Å². The van der Waals surface area contributed by atoms with Crippen LogP contribution in [0.15, 0.2) is 16.7 Å². The third-order valence-corrected chi connectivity index (χ3v) is 5.72. The molecule has 0 aromatic carbocycles. The molecule has 2 fully saturated rings. The fraction of sp³-hybridized carbons (Fsp3) is 0.579. The van der Waals surface area contributed by atoms with Crippen molar-refractivity contribution in [2.24, 2.45) is 0 Å². The van der Waals surface area contributed by atoms with Gasteiger partial charge in [0.05, 0.1) is 0 Å². The number of aromatic nitrogens is 3. The van der Waals surface area contributed by atoms with Crippen molar-refractivity contribution in [3.8, 4) is 0 Å². The van der Waals surface area contributed by atoms with Gasteiger partial charge in [0.1, 0.15) is 5.76 Å². The number of carbonyl (C=O) groups excluding carboxylic acids is 2. The first-order valence-corrected chi connectivity index (χ1v) is 9.81. The fourth-order valence-corrected chi connectivity index (χ4v) is 3.91. The first kappa shape index (κ1) is 16.5. The summed E-state index contributed by atoms with van der Waals surface area (Å²) in [6.45, 7) is 2.93. The highest BCUT2D eigenvalue weighted by Crippen LogP contribution is 2.40. The van der Waals surface area contributed by atoms with Gasteiger partial charge in [-0.05, 0) is 38.2 Å². The number of carbonyl (C=O) groups is 2. The van der Waals surface area contributed by atoms with Gasteiger partial charge in [-0.1, -0.05) is 5.16 Å². The maximum atomic E-state index is 12.8. The van der Waals surface area contributed by atoms with E-state index in [1.165, 1.54) is 0 Å². The van der Waals surface area contributed by atoms with Crippen LogP contribution in [0.5, 0.6) is 0 Å². The lowest BCUT2D eigenvalue weighted by Gasteiger charge is -2.34. The van der Waals surface area contributed by atoms with Crippen LogP contribution in [0.2, 0.25) is 0 Å². The number of fused-ring (bicyclic) bond motifs is 1. The quantitative estimate of drug-likeness (QED) is 0.822. The summed E-state index contributed by atoms with van der Waals surface area (Å²) in [5.41, 5.74) is 2.05. The summed E-state index contributed by atoms with van der Waals surface area (Å²) < 4.78 is 7.24. The van der Waals surface area contributed by atoms with Crippen molar-refractivity contribution in [2.75, 3.05) is 26.2 Å². The second kappa shape index (κ2) is 6.51. The summed E-state index contributed by atoms with van der Waals surface area (Å²) in [6, 6.07) is 3.70. The van der Waals surface area contributed by atoms with E-state index in [-0.39, 0.29) is 11.8 Å². The Kier molecular flexibility index (Phi) is 3.98. The van der Waals surface area contributed by atoms with Crippen molar-refractivity contribution in [3.63, 3.8) is 0 Å². The number of piperazine rings is 1. The van der Waals surface area contributed by atoms with Crippen molar-refractivity contribution < 1.29 is 14.1 Å². The number of rotatable bonds is 3. The smallest absolute Gasteiger partial charge is 0.276 e. The van der Waals surface area contributed by atoms with E-state index in [0.29, 0.717) is 43.5 Å². The van der Waals surface area contributed by atoms with Gasteiger partial charge < -0.3 is 14.3 Å². The lowest BCUT2D eigenvalue weighted by atomic mass is 10.1. The Morgan fingerprint density at radius 1 is 0.926 bits per heavy atom. The van der Waals surface area contributed by atoms with Crippen molar-refractivity contribution in [2.45, 2.75) is 44.6 Å². The van der Waals surface area contributed by atoms with Crippen LogP contribution in [0, 0.1) is 0 Å². The molecular formula is C19H23N5O3. The zero-order valence-electron chi connectivity index (χ0n) is 15.3. The highest BCUT2D eigenvalue weighted by molar-refractivity contribution is 5.94. The molecule has 8 heteroatoms. The predicted molar refractivity (Wildman–Crippen MR) is 95.5 cm³/mol. The van der Waals surface area contributed by atoms with Crippen molar-refractivity contribution in [1.29, 1.82) is 0 Å². The largest absolute Gasteiger partial charge is 0.360 e. The number of hydrogen-bond acceptors (Lipinski definition) is 5. The predicted octanol–water partition coefficient (Wildman–Crippen LogP) is 1.68. The molecular weight excluding hydrogens is 346 g/mol. The van der Waals surface area contributed by atoms with E-state index in [1.54, 1.807) is 15.9 Å². The van der Waals surface area contributed by atoms with E-state index in [4.69, 9.17) is 4.52 Å². The summed E-state index contributed by atoms with van der Waals surface area (Å²) >= 11 is 0. The Morgan fingerprint density at radius 2 is 1.63 bits per heavy atom. The van der Waals surface area contributed by atoms with Crippen LogP contribution >= 0.6 is 0 Å². The average Bonchev–Trinajstić information content (AvgIpc) is 3.28. The SMILES string of the molecule is O=C(c1cc(C2CC2)on1)N1CCN(C(=O)c2cc3n(n2)CCCC3)CC1. The molecule has 2 aromatic heterocycles. The molecule has 2 aromatic rings. The first-order chi connectivity index (χ1) is 13.2. The normalized spacial score (nSPS) is 19.9. The van der Waals surface area contributed by atoms with E-state index < -0.39 is 0 Å². The monoisotopic (exact) mass is 369 g/mol. The van der Waals surface area contributed by atoms with E-state index in [9.17, 15) is 9.59 Å². The van der Waals surface area contributed by atoms with Crippen LogP contribution in [0.4, 0.5) is 0 Å². The molecule has 0 N–H and O–H groups in total. The maximum Gasteiger partial charge on any atom is 0.276 e. The molecule has 2 amide bonds. The van der Waals surface area contributed by atoms with E-state index in [2.05, 4.69) is 10.3 Å². The molecule has 8 nitrogen and oxygen atoms in total. The molecule has 0 radical (unpaired) electrons. The van der Waals surface area contributed by atoms with E-state index >= 15 is 0 Å². The third-order valence-electron chi connectivity index (χ3n) is 5.72. The average molecular weight is 369 g/mol. The molecule has 0 unspecified atom stereocenters. The summed E-state index contributed by atoms with van der Waals surface area (Å²) in [5, 5.41) is 8.41. The van der Waals surface area contributed by atoms with Gasteiger partial charge in [-0.15, -0.1) is 0 Å². The van der Waals surface area contributed by atoms with Crippen LogP contribution in [-0.4, -0.2) is 62.7 Å². The van der Waals surface area contributed by atoms with Crippen LogP contribution < -0.4 is 0 Å². The van der Waals surface area contributed by atoms with Crippen molar-refractivity contribution >= 4 is 11.8 Å². The minimum absolute atomic E-state index is 0.0403. The van der Waals surface area contributed by atoms with Gasteiger partial charge in [0, 0.05) is 50.4 Å². The van der Waals surface area contributed by atoms with Gasteiger partial charge >= 0.3 is 0 Å². The molecule has 3 aliphatic rings. The van der Waals surface area contributed by atoms with E-state index in [0.717, 1.165) is 50.1 Å². The molecule has 0 atom stereocenters. The van der Waals surface area contributed by atoms with Crippen LogP contribution in [-0.2, 0) is 13.0 Å². The molecule has 4 heterocycles. The van der Waals surface area contributed by atoms with Gasteiger partial charge in [-0.2, -0.15) is 5.10 Å². The summed E-state index contributed by atoms with van der Waals surface area (Å²) in [4.78, 5) is 28.9. The zero-order chi connectivity index (χ0) is 18.4. The highest BCUT2D eigenvalue weighted by Gasteiger charge is 2.32. The van der Waals surface area contributed by atoms with Gasteiger partial charge in [-0.3, -0.25) is 14.3 Å². The number of aryl methyl sites for hydroxylation is 2. The summed E-state index contributed by atoms with van der Waals surface area (Å²) in [5.74, 6) is 1.10. The lowest BCUT2D eigenvalue weighted by molar-refractivity contribution is 0.0526. The minimum Gasteiger partial charge on any atom is -0.360 e. The van der Waals surface area contributed by atoms with Crippen LogP contribution in [0.1, 0.15) is 64.0 Å². The number of amides is 2. The molecule has 1 saturated heterocycles. The Morgan fingerprint density at radius 3 is 2.30 bits per heavy atom. The molecule has 5 rings (SSSR count). The second-order valence-corrected chi connectivity index (χ2v) is 7.67. The molecule has 27 heavy (non-hydrogen) atoms. The molecule has 1 aliphatic carbocycles. The van der Waals surface area contributed by atoms with Gasteiger partial charge in [0.25, 0.3) is 11.8 Å². The molecule has 142 valence electrons. The lowest BCUT2D eigenvalue weighted by Crippen LogP contribution is -2.50. The first-order valence-electron chi connectivity index (χ1n) is 9.81. The Labute approximate surface area is 157 Å². The summed E-state index contributed by atoms with van der Waals surface area (Å²) in [6.07, 6.45) is 5.49. The zero-order valence-corrected chi connectivity index (χ0v) is 15.3. The molecule has 2 aliphatic heterocycles. The standard InChI is InChI=1S/C19H23N5O3/c25-18(15-11-14-3-1-2-6-24(14)20-15)22-7-9-23(10-8-22)19(26)16-12-17(27-21-16)13-4-5-13/h11-13H,1-10H2. The Hall–Kier alpha value is -2.64.